The van der Waals surface area contributed by atoms with Crippen molar-refractivity contribution >= 4 is 28.0 Å². The van der Waals surface area contributed by atoms with Crippen LogP contribution in [0.1, 0.15) is 33.6 Å². The normalized spacial score (nSPS) is 10.8. The zero-order valence-corrected chi connectivity index (χ0v) is 15.9. The van der Waals surface area contributed by atoms with Crippen molar-refractivity contribution in [2.75, 3.05) is 19.8 Å². The van der Waals surface area contributed by atoms with Crippen LogP contribution in [0.3, 0.4) is 0 Å². The maximum atomic E-state index is 11.5. The summed E-state index contributed by atoms with van der Waals surface area (Å²) in [4.78, 5) is 22.9. The standard InChI is InChI=1S/C17H24BrNO5/c1-17(2,3)24-16(21)19-10-4-5-15(20)23-12-11-22-14-8-6-13(18)7-9-14/h6-9H,4-5,10-12H2,1-3H3,(H,19,21). The molecule has 7 heteroatoms. The van der Waals surface area contributed by atoms with Crippen molar-refractivity contribution in [3.05, 3.63) is 28.7 Å². The van der Waals surface area contributed by atoms with Gasteiger partial charge in [0.15, 0.2) is 0 Å². The SMILES string of the molecule is CC(C)(C)OC(=O)NCCCC(=O)OCCOc1ccc(Br)cc1. The van der Waals surface area contributed by atoms with Crippen LogP contribution >= 0.6 is 15.9 Å². The molecule has 134 valence electrons. The van der Waals surface area contributed by atoms with Gasteiger partial charge in [-0.3, -0.25) is 4.79 Å². The van der Waals surface area contributed by atoms with Crippen LogP contribution in [0.2, 0.25) is 0 Å². The Bertz CT molecular complexity index is 525. The minimum absolute atomic E-state index is 0.189. The summed E-state index contributed by atoms with van der Waals surface area (Å²) in [7, 11) is 0. The van der Waals surface area contributed by atoms with Gasteiger partial charge in [0.2, 0.25) is 0 Å². The Balaban J connectivity index is 2.04. The van der Waals surface area contributed by atoms with E-state index in [1.54, 1.807) is 20.8 Å². The smallest absolute Gasteiger partial charge is 0.407 e. The molecule has 1 aromatic rings. The molecule has 0 atom stereocenters. The predicted octanol–water partition coefficient (Wildman–Crippen LogP) is 3.68. The molecule has 0 aliphatic carbocycles. The highest BCUT2D eigenvalue weighted by molar-refractivity contribution is 9.10. The lowest BCUT2D eigenvalue weighted by molar-refractivity contribution is -0.144. The van der Waals surface area contributed by atoms with E-state index < -0.39 is 11.7 Å². The van der Waals surface area contributed by atoms with Crippen molar-refractivity contribution in [3.63, 3.8) is 0 Å². The Morgan fingerprint density at radius 2 is 1.79 bits per heavy atom. The lowest BCUT2D eigenvalue weighted by Gasteiger charge is -2.19. The minimum atomic E-state index is -0.530. The van der Waals surface area contributed by atoms with Gasteiger partial charge in [-0.25, -0.2) is 4.79 Å². The highest BCUT2D eigenvalue weighted by Gasteiger charge is 2.15. The maximum absolute atomic E-state index is 11.5. The fourth-order valence-electron chi connectivity index (χ4n) is 1.66. The molecule has 1 N–H and O–H groups in total. The summed E-state index contributed by atoms with van der Waals surface area (Å²) in [5.41, 5.74) is -0.530. The number of benzene rings is 1. The largest absolute Gasteiger partial charge is 0.490 e. The first kappa shape index (κ1) is 20.3. The van der Waals surface area contributed by atoms with Crippen molar-refractivity contribution < 1.29 is 23.8 Å². The van der Waals surface area contributed by atoms with Gasteiger partial charge < -0.3 is 19.5 Å². The number of hydrogen-bond donors (Lipinski definition) is 1. The molecule has 0 heterocycles. The molecule has 0 bridgehead atoms. The summed E-state index contributed by atoms with van der Waals surface area (Å²) in [5.74, 6) is 0.399. The second-order valence-electron chi connectivity index (χ2n) is 6.06. The molecule has 0 spiro atoms. The molecular weight excluding hydrogens is 378 g/mol. The number of esters is 1. The lowest BCUT2D eigenvalue weighted by Crippen LogP contribution is -2.33. The van der Waals surface area contributed by atoms with Gasteiger partial charge in [0.1, 0.15) is 24.6 Å². The summed E-state index contributed by atoms with van der Waals surface area (Å²) in [6.07, 6.45) is 0.235. The Morgan fingerprint density at radius 3 is 2.42 bits per heavy atom. The number of nitrogens with one attached hydrogen (secondary N) is 1. The fraction of sp³-hybridized carbons (Fsp3) is 0.529. The van der Waals surface area contributed by atoms with Crippen LogP contribution in [0.25, 0.3) is 0 Å². The number of ether oxygens (including phenoxy) is 3. The highest BCUT2D eigenvalue weighted by Crippen LogP contribution is 2.15. The van der Waals surface area contributed by atoms with Crippen LogP contribution in [-0.2, 0) is 14.3 Å². The van der Waals surface area contributed by atoms with E-state index in [2.05, 4.69) is 21.2 Å². The molecule has 24 heavy (non-hydrogen) atoms. The second kappa shape index (κ2) is 10.2. The number of carbonyl (C=O) groups excluding carboxylic acids is 2. The zero-order chi connectivity index (χ0) is 18.0. The Morgan fingerprint density at radius 1 is 1.12 bits per heavy atom. The first-order valence-corrected chi connectivity index (χ1v) is 8.56. The Kier molecular flexibility index (Phi) is 8.60. The van der Waals surface area contributed by atoms with E-state index >= 15 is 0 Å². The first-order chi connectivity index (χ1) is 11.3. The van der Waals surface area contributed by atoms with Gasteiger partial charge in [-0.15, -0.1) is 0 Å². The summed E-state index contributed by atoms with van der Waals surface area (Å²) in [5, 5.41) is 2.59. The molecule has 6 nitrogen and oxygen atoms in total. The molecule has 0 unspecified atom stereocenters. The molecule has 0 aliphatic rings. The number of amides is 1. The van der Waals surface area contributed by atoms with Crippen LogP contribution in [-0.4, -0.2) is 37.4 Å². The molecule has 1 rings (SSSR count). The average molecular weight is 402 g/mol. The van der Waals surface area contributed by atoms with Crippen LogP contribution < -0.4 is 10.1 Å². The van der Waals surface area contributed by atoms with E-state index in [9.17, 15) is 9.59 Å². The third-order valence-electron chi connectivity index (χ3n) is 2.65. The quantitative estimate of drug-likeness (QED) is 0.531. The van der Waals surface area contributed by atoms with E-state index in [1.807, 2.05) is 24.3 Å². The van der Waals surface area contributed by atoms with Crippen molar-refractivity contribution in [3.8, 4) is 5.75 Å². The molecule has 1 amide bonds. The van der Waals surface area contributed by atoms with E-state index in [1.165, 1.54) is 0 Å². The molecule has 0 aromatic heterocycles. The number of carbonyl (C=O) groups is 2. The molecule has 0 saturated carbocycles. The molecule has 0 radical (unpaired) electrons. The van der Waals surface area contributed by atoms with Crippen molar-refractivity contribution in [1.29, 1.82) is 0 Å². The lowest BCUT2D eigenvalue weighted by atomic mass is 10.2. The summed E-state index contributed by atoms with van der Waals surface area (Å²) in [6, 6.07) is 7.40. The van der Waals surface area contributed by atoms with Crippen LogP contribution in [0.5, 0.6) is 5.75 Å². The molecular formula is C17H24BrNO5. The van der Waals surface area contributed by atoms with Gasteiger partial charge >= 0.3 is 12.1 Å². The maximum Gasteiger partial charge on any atom is 0.407 e. The highest BCUT2D eigenvalue weighted by atomic mass is 79.9. The van der Waals surface area contributed by atoms with Gasteiger partial charge in [0, 0.05) is 17.4 Å². The predicted molar refractivity (Wildman–Crippen MR) is 94.1 cm³/mol. The number of hydrogen-bond acceptors (Lipinski definition) is 5. The van der Waals surface area contributed by atoms with Crippen molar-refractivity contribution in [2.24, 2.45) is 0 Å². The van der Waals surface area contributed by atoms with E-state index in [0.717, 1.165) is 10.2 Å². The Labute approximate surface area is 151 Å². The van der Waals surface area contributed by atoms with Crippen molar-refractivity contribution in [2.45, 2.75) is 39.2 Å². The topological polar surface area (TPSA) is 73.9 Å². The van der Waals surface area contributed by atoms with E-state index in [-0.39, 0.29) is 19.0 Å². The van der Waals surface area contributed by atoms with Crippen LogP contribution in [0, 0.1) is 0 Å². The number of alkyl carbamates (subject to hydrolysis) is 1. The third-order valence-corrected chi connectivity index (χ3v) is 3.18. The average Bonchev–Trinajstić information content (AvgIpc) is 2.48. The summed E-state index contributed by atoms with van der Waals surface area (Å²) in [6.45, 7) is 6.22. The van der Waals surface area contributed by atoms with Gasteiger partial charge in [-0.05, 0) is 51.5 Å². The Hall–Kier alpha value is -1.76. The third kappa shape index (κ3) is 10.1. The van der Waals surface area contributed by atoms with Crippen LogP contribution in [0.4, 0.5) is 4.79 Å². The van der Waals surface area contributed by atoms with E-state index in [0.29, 0.717) is 19.6 Å². The fourth-order valence-corrected chi connectivity index (χ4v) is 1.92. The number of halogens is 1. The monoisotopic (exact) mass is 401 g/mol. The van der Waals surface area contributed by atoms with Crippen molar-refractivity contribution in [1.82, 2.24) is 5.32 Å². The second-order valence-corrected chi connectivity index (χ2v) is 6.97. The zero-order valence-electron chi connectivity index (χ0n) is 14.3. The minimum Gasteiger partial charge on any atom is -0.490 e. The van der Waals surface area contributed by atoms with Gasteiger partial charge in [-0.1, -0.05) is 15.9 Å². The van der Waals surface area contributed by atoms with Gasteiger partial charge in [0.25, 0.3) is 0 Å². The molecule has 1 aromatic carbocycles. The summed E-state index contributed by atoms with van der Waals surface area (Å²) < 4.78 is 16.6. The number of rotatable bonds is 8. The summed E-state index contributed by atoms with van der Waals surface area (Å²) >= 11 is 3.34. The van der Waals surface area contributed by atoms with Gasteiger partial charge in [-0.2, -0.15) is 0 Å². The molecule has 0 saturated heterocycles. The van der Waals surface area contributed by atoms with E-state index in [4.69, 9.17) is 14.2 Å². The molecule has 0 fully saturated rings. The van der Waals surface area contributed by atoms with Crippen LogP contribution in [0.15, 0.2) is 28.7 Å². The molecule has 0 aliphatic heterocycles. The van der Waals surface area contributed by atoms with Gasteiger partial charge in [0.05, 0.1) is 0 Å². The first-order valence-electron chi connectivity index (χ1n) is 7.77.